The Morgan fingerprint density at radius 3 is 1.87 bits per heavy atom. The van der Waals surface area contributed by atoms with Crippen molar-refractivity contribution in [1.82, 2.24) is 5.32 Å². The summed E-state index contributed by atoms with van der Waals surface area (Å²) in [4.78, 5) is 12.3. The van der Waals surface area contributed by atoms with E-state index in [9.17, 15) is 4.79 Å². The molecule has 3 heteroatoms. The predicted octanol–water partition coefficient (Wildman–Crippen LogP) is 3.85. The van der Waals surface area contributed by atoms with E-state index in [0.717, 1.165) is 2.52 Å². The fourth-order valence-corrected chi connectivity index (χ4v) is 17.1. The van der Waals surface area contributed by atoms with E-state index in [1.807, 2.05) is 6.20 Å². The molecule has 84 valence electrons. The molecular weight excluding hydrogens is 214 g/mol. The van der Waals surface area contributed by atoms with Gasteiger partial charge in [-0.2, -0.15) is 0 Å². The average molecular weight is 237 g/mol. The number of carbonyl (C=O) groups excluding carboxylic acids is 1. The van der Waals surface area contributed by atoms with Crippen LogP contribution in [0, 0.1) is 0 Å². The van der Waals surface area contributed by atoms with Gasteiger partial charge in [-0.15, -0.1) is 0 Å². The van der Waals surface area contributed by atoms with Gasteiger partial charge in [-0.05, 0) is 0 Å². The second-order valence-corrected chi connectivity index (χ2v) is 20.2. The maximum absolute atomic E-state index is 12.3. The molecule has 1 aliphatic rings. The average Bonchev–Trinajstić information content (AvgIpc) is 2.00. The van der Waals surface area contributed by atoms with Gasteiger partial charge in [0.25, 0.3) is 0 Å². The maximum atomic E-state index is 12.3. The zero-order valence-corrected chi connectivity index (χ0v) is 13.2. The molecule has 2 nitrogen and oxygen atoms in total. The van der Waals surface area contributed by atoms with E-state index in [1.54, 1.807) is 0 Å². The zero-order valence-electron chi connectivity index (χ0n) is 11.0. The van der Waals surface area contributed by atoms with Gasteiger partial charge in [-0.25, -0.2) is 0 Å². The van der Waals surface area contributed by atoms with Crippen LogP contribution in [0.25, 0.3) is 0 Å². The van der Waals surface area contributed by atoms with Gasteiger partial charge in [0.1, 0.15) is 0 Å². The Morgan fingerprint density at radius 2 is 1.60 bits per heavy atom. The normalized spacial score (nSPS) is 21.3. The van der Waals surface area contributed by atoms with Gasteiger partial charge in [0, 0.05) is 0 Å². The quantitative estimate of drug-likeness (QED) is 0.637. The van der Waals surface area contributed by atoms with Crippen LogP contribution in [0.15, 0.2) is 12.3 Å². The second-order valence-electron chi connectivity index (χ2n) is 7.66. The molecule has 0 aliphatic carbocycles. The molecule has 15 heavy (non-hydrogen) atoms. The Morgan fingerprint density at radius 1 is 1.13 bits per heavy atom. The number of hydrogen-bond acceptors (Lipinski definition) is 1. The molecule has 1 amide bonds. The number of amides is 1. The van der Waals surface area contributed by atoms with E-state index in [-0.39, 0.29) is 3.02 Å². The van der Waals surface area contributed by atoms with Crippen LogP contribution in [0.4, 0.5) is 4.79 Å². The van der Waals surface area contributed by atoms with Gasteiger partial charge in [-0.1, -0.05) is 0 Å². The molecule has 0 saturated carbocycles. The van der Waals surface area contributed by atoms with Crippen LogP contribution in [0.5, 0.6) is 0 Å². The molecule has 0 fully saturated rings. The molecule has 0 bridgehead atoms. The zero-order chi connectivity index (χ0) is 11.9. The SMILES string of the molecule is C[C](C)(C)[Ca]1([C](C)(C)C)[CH2]C=CN[C]1=O. The molecule has 1 aliphatic heterocycles. The molecule has 1 rings (SSSR count). The summed E-state index contributed by atoms with van der Waals surface area (Å²) in [6, 6.07) is 0. The van der Waals surface area contributed by atoms with Gasteiger partial charge in [0.05, 0.1) is 0 Å². The van der Waals surface area contributed by atoms with Crippen LogP contribution in [0.2, 0.25) is 5.54 Å². The summed E-state index contributed by atoms with van der Waals surface area (Å²) in [5.41, 5.74) is 0. The molecule has 0 unspecified atom stereocenters. The van der Waals surface area contributed by atoms with Gasteiger partial charge < -0.3 is 0 Å². The predicted molar refractivity (Wildman–Crippen MR) is 67.7 cm³/mol. The van der Waals surface area contributed by atoms with E-state index in [4.69, 9.17) is 0 Å². The molecule has 2 radical (unpaired) electrons. The van der Waals surface area contributed by atoms with Crippen molar-refractivity contribution in [2.24, 2.45) is 0 Å². The summed E-state index contributed by atoms with van der Waals surface area (Å²) in [5.74, 6) is 0. The number of carbonyl (C=O) groups is 1. The third-order valence-corrected chi connectivity index (χ3v) is 20.3. The van der Waals surface area contributed by atoms with Crippen LogP contribution >= 0.6 is 0 Å². The molecule has 0 saturated heterocycles. The topological polar surface area (TPSA) is 29.1 Å². The van der Waals surface area contributed by atoms with Crippen molar-refractivity contribution < 1.29 is 4.79 Å². The van der Waals surface area contributed by atoms with Crippen LogP contribution in [-0.2, 0) is 0 Å². The molecule has 0 aromatic carbocycles. The van der Waals surface area contributed by atoms with Crippen molar-refractivity contribution in [2.45, 2.75) is 47.1 Å². The van der Waals surface area contributed by atoms with Crippen LogP contribution in [0.1, 0.15) is 41.5 Å². The summed E-state index contributed by atoms with van der Waals surface area (Å²) in [7, 11) is 0. The molecule has 0 spiro atoms. The van der Waals surface area contributed by atoms with Gasteiger partial charge >= 0.3 is 101 Å². The van der Waals surface area contributed by atoms with Crippen molar-refractivity contribution in [1.29, 1.82) is 0 Å². The van der Waals surface area contributed by atoms with Crippen molar-refractivity contribution in [3.05, 3.63) is 12.3 Å². The summed E-state index contributed by atoms with van der Waals surface area (Å²) in [5, 5.41) is 2.96. The number of rotatable bonds is 0. The summed E-state index contributed by atoms with van der Waals surface area (Å²) in [6.45, 7) is 13.5. The molecule has 1 heterocycles. The minimum atomic E-state index is -3.00. The summed E-state index contributed by atoms with van der Waals surface area (Å²) >= 11 is -3.00. The monoisotopic (exact) mass is 237 g/mol. The Hall–Kier alpha value is 0.470. The Balaban J connectivity index is 3.31. The number of allylic oxidation sites excluding steroid dienone is 1. The van der Waals surface area contributed by atoms with E-state index >= 15 is 0 Å². The van der Waals surface area contributed by atoms with Gasteiger partial charge in [0.2, 0.25) is 0 Å². The van der Waals surface area contributed by atoms with Crippen LogP contribution in [0.3, 0.4) is 0 Å². The van der Waals surface area contributed by atoms with Gasteiger partial charge in [0.15, 0.2) is 0 Å². The molecule has 1 N–H and O–H groups in total. The standard InChI is InChI=1S/C4H5NO.2C4H9.Ca/c1-2-3-5-4-6;2*1-4(2)3;/h2-3H,1H2,(H,5,6);2*1-3H3;. The fraction of sp³-hybridized carbons (Fsp3) is 0.750. The minimum absolute atomic E-state index is 0.177. The van der Waals surface area contributed by atoms with Gasteiger partial charge in [-0.3, -0.25) is 0 Å². The molecule has 0 aromatic heterocycles. The third-order valence-electron chi connectivity index (χ3n) is 5.13. The summed E-state index contributed by atoms with van der Waals surface area (Å²) < 4.78 is 1.77. The first-order chi connectivity index (χ1) is 6.63. The Labute approximate surface area is 100 Å². The first-order valence-electron chi connectivity index (χ1n) is 6.05. The number of hydrogen-bond donors (Lipinski definition) is 1. The molecular formula is C12H23CaNO. The van der Waals surface area contributed by atoms with Crippen LogP contribution in [-0.4, -0.2) is 31.9 Å². The fourth-order valence-electron chi connectivity index (χ4n) is 4.21. The van der Waals surface area contributed by atoms with E-state index in [1.165, 1.54) is 0 Å². The first kappa shape index (κ1) is 13.5. The van der Waals surface area contributed by atoms with E-state index in [0.29, 0.717) is 2.00 Å². The van der Waals surface area contributed by atoms with Crippen molar-refractivity contribution in [2.75, 3.05) is 0 Å². The van der Waals surface area contributed by atoms with Crippen LogP contribution < -0.4 is 5.32 Å². The van der Waals surface area contributed by atoms with E-state index < -0.39 is 29.9 Å². The van der Waals surface area contributed by atoms with Crippen molar-refractivity contribution in [3.8, 4) is 0 Å². The number of nitrogens with one attached hydrogen (secondary N) is 1. The second kappa shape index (κ2) is 4.05. The van der Waals surface area contributed by atoms with E-state index in [2.05, 4.69) is 52.9 Å². The van der Waals surface area contributed by atoms with Crippen molar-refractivity contribution >= 4 is 31.9 Å². The summed E-state index contributed by atoms with van der Waals surface area (Å²) in [6.07, 6.45) is 3.98. The molecule has 0 atom stereocenters. The Bertz CT molecular complexity index is 280. The third kappa shape index (κ3) is 2.13. The Kier molecular flexibility index (Phi) is 3.65. The molecule has 0 aromatic rings. The van der Waals surface area contributed by atoms with Crippen molar-refractivity contribution in [3.63, 3.8) is 0 Å². The first-order valence-corrected chi connectivity index (χ1v) is 10.9.